The van der Waals surface area contributed by atoms with E-state index in [0.717, 1.165) is 6.42 Å². The molecular formula is C15H15ClN2O4. The number of aromatic nitrogens is 2. The summed E-state index contributed by atoms with van der Waals surface area (Å²) in [6.07, 6.45) is 1.99. The van der Waals surface area contributed by atoms with Crippen LogP contribution in [0.5, 0.6) is 5.75 Å². The number of rotatable bonds is 3. The van der Waals surface area contributed by atoms with Crippen LogP contribution in [0, 0.1) is 0 Å². The summed E-state index contributed by atoms with van der Waals surface area (Å²) in [5, 5.41) is 20.1. The van der Waals surface area contributed by atoms with Crippen LogP contribution in [0.2, 0.25) is 5.15 Å². The van der Waals surface area contributed by atoms with Gasteiger partial charge < -0.3 is 19.5 Å². The number of nitrogens with zero attached hydrogens (tertiary/aromatic N) is 2. The zero-order valence-corrected chi connectivity index (χ0v) is 12.7. The minimum atomic E-state index is -1.13. The van der Waals surface area contributed by atoms with Crippen LogP contribution < -0.4 is 4.74 Å². The van der Waals surface area contributed by atoms with E-state index >= 15 is 0 Å². The van der Waals surface area contributed by atoms with E-state index in [1.165, 1.54) is 7.11 Å². The van der Waals surface area contributed by atoms with Crippen LogP contribution in [0.3, 0.4) is 0 Å². The van der Waals surface area contributed by atoms with Gasteiger partial charge in [-0.25, -0.2) is 9.78 Å². The average molecular weight is 323 g/mol. The van der Waals surface area contributed by atoms with Gasteiger partial charge in [0.05, 0.1) is 24.6 Å². The summed E-state index contributed by atoms with van der Waals surface area (Å²) in [5.74, 6) is -0.925. The summed E-state index contributed by atoms with van der Waals surface area (Å²) in [6, 6.07) is 3.48. The fraction of sp³-hybridized carbons (Fsp3) is 0.333. The normalized spacial score (nSPS) is 17.1. The lowest BCUT2D eigenvalue weighted by atomic mass is 10.0. The van der Waals surface area contributed by atoms with E-state index in [0.29, 0.717) is 29.9 Å². The van der Waals surface area contributed by atoms with Gasteiger partial charge in [-0.05, 0) is 25.0 Å². The molecule has 0 amide bonds. The van der Waals surface area contributed by atoms with Crippen LogP contribution in [0.15, 0.2) is 18.3 Å². The molecule has 3 rings (SSSR count). The summed E-state index contributed by atoms with van der Waals surface area (Å²) in [4.78, 5) is 15.7. The summed E-state index contributed by atoms with van der Waals surface area (Å²) in [5.41, 5.74) is 1.49. The monoisotopic (exact) mass is 322 g/mol. The predicted octanol–water partition coefficient (Wildman–Crippen LogP) is 2.74. The molecule has 2 N–H and O–H groups in total. The summed E-state index contributed by atoms with van der Waals surface area (Å²) >= 11 is 6.17. The third-order valence-corrected chi connectivity index (χ3v) is 4.17. The van der Waals surface area contributed by atoms with Crippen molar-refractivity contribution in [2.75, 3.05) is 7.11 Å². The Morgan fingerprint density at radius 3 is 2.95 bits per heavy atom. The van der Waals surface area contributed by atoms with Crippen molar-refractivity contribution in [3.05, 3.63) is 34.7 Å². The molecule has 116 valence electrons. The first-order chi connectivity index (χ1) is 10.6. The number of aliphatic hydroxyl groups is 1. The van der Waals surface area contributed by atoms with Crippen LogP contribution in [0.25, 0.3) is 11.3 Å². The molecule has 0 aliphatic carbocycles. The molecule has 2 aromatic heterocycles. The van der Waals surface area contributed by atoms with Crippen LogP contribution >= 0.6 is 11.6 Å². The average Bonchev–Trinajstić information content (AvgIpc) is 2.83. The highest BCUT2D eigenvalue weighted by atomic mass is 35.5. The first-order valence-corrected chi connectivity index (χ1v) is 7.26. The van der Waals surface area contributed by atoms with E-state index in [1.54, 1.807) is 22.9 Å². The molecule has 1 atom stereocenters. The molecule has 0 saturated heterocycles. The van der Waals surface area contributed by atoms with Crippen molar-refractivity contribution < 1.29 is 19.7 Å². The number of ether oxygens (including phenoxy) is 1. The lowest BCUT2D eigenvalue weighted by Gasteiger charge is -2.23. The molecule has 6 nitrogen and oxygen atoms in total. The van der Waals surface area contributed by atoms with Gasteiger partial charge in [0, 0.05) is 18.3 Å². The van der Waals surface area contributed by atoms with Gasteiger partial charge in [0.1, 0.15) is 10.7 Å². The number of hydrogen-bond acceptors (Lipinski definition) is 4. The predicted molar refractivity (Wildman–Crippen MR) is 80.4 cm³/mol. The number of carbonyl (C=O) groups is 1. The van der Waals surface area contributed by atoms with E-state index in [-0.39, 0.29) is 16.5 Å². The Kier molecular flexibility index (Phi) is 3.80. The van der Waals surface area contributed by atoms with Gasteiger partial charge in [0.25, 0.3) is 0 Å². The van der Waals surface area contributed by atoms with Gasteiger partial charge >= 0.3 is 5.97 Å². The minimum absolute atomic E-state index is 0.00961. The summed E-state index contributed by atoms with van der Waals surface area (Å²) < 4.78 is 7.13. The molecule has 1 unspecified atom stereocenters. The second-order valence-corrected chi connectivity index (χ2v) is 5.46. The molecule has 1 aliphatic heterocycles. The van der Waals surface area contributed by atoms with E-state index < -0.39 is 12.1 Å². The molecular weight excluding hydrogens is 308 g/mol. The van der Waals surface area contributed by atoms with Crippen molar-refractivity contribution in [1.82, 2.24) is 9.55 Å². The van der Waals surface area contributed by atoms with E-state index in [1.807, 2.05) is 0 Å². The van der Waals surface area contributed by atoms with Gasteiger partial charge in [-0.1, -0.05) is 11.6 Å². The van der Waals surface area contributed by atoms with Gasteiger partial charge in [-0.15, -0.1) is 0 Å². The molecule has 0 radical (unpaired) electrons. The highest BCUT2D eigenvalue weighted by Gasteiger charge is 2.34. The minimum Gasteiger partial charge on any atom is -0.494 e. The lowest BCUT2D eigenvalue weighted by Crippen LogP contribution is -2.18. The Labute approximate surface area is 131 Å². The molecule has 7 heteroatoms. The largest absolute Gasteiger partial charge is 0.494 e. The van der Waals surface area contributed by atoms with Crippen molar-refractivity contribution in [3.8, 4) is 17.0 Å². The van der Waals surface area contributed by atoms with Crippen molar-refractivity contribution in [1.29, 1.82) is 0 Å². The van der Waals surface area contributed by atoms with Crippen molar-refractivity contribution in [3.63, 3.8) is 0 Å². The van der Waals surface area contributed by atoms with Gasteiger partial charge in [-0.2, -0.15) is 0 Å². The van der Waals surface area contributed by atoms with Crippen LogP contribution in [0.1, 0.15) is 35.0 Å². The quantitative estimate of drug-likeness (QED) is 0.849. The molecule has 0 aromatic carbocycles. The van der Waals surface area contributed by atoms with Crippen molar-refractivity contribution in [2.24, 2.45) is 0 Å². The molecule has 3 heterocycles. The van der Waals surface area contributed by atoms with Gasteiger partial charge in [0.2, 0.25) is 0 Å². The van der Waals surface area contributed by atoms with E-state index in [4.69, 9.17) is 16.3 Å². The maximum absolute atomic E-state index is 11.7. The fourth-order valence-corrected chi connectivity index (χ4v) is 3.22. The Morgan fingerprint density at radius 2 is 2.32 bits per heavy atom. The zero-order chi connectivity index (χ0) is 15.9. The first-order valence-electron chi connectivity index (χ1n) is 6.88. The van der Waals surface area contributed by atoms with Crippen LogP contribution in [-0.2, 0) is 6.54 Å². The van der Waals surface area contributed by atoms with Gasteiger partial charge in [-0.3, -0.25) is 0 Å². The number of methoxy groups -OCH3 is 1. The smallest absolute Gasteiger partial charge is 0.341 e. The fourth-order valence-electron chi connectivity index (χ4n) is 3.01. The maximum Gasteiger partial charge on any atom is 0.341 e. The number of fused-ring (bicyclic) bond motifs is 1. The second-order valence-electron chi connectivity index (χ2n) is 5.10. The molecule has 0 bridgehead atoms. The zero-order valence-electron chi connectivity index (χ0n) is 11.9. The number of halogens is 1. The molecule has 0 saturated carbocycles. The number of aromatic carboxylic acids is 1. The molecule has 22 heavy (non-hydrogen) atoms. The highest BCUT2D eigenvalue weighted by Crippen LogP contribution is 2.45. The highest BCUT2D eigenvalue weighted by molar-refractivity contribution is 6.32. The number of pyridine rings is 1. The molecule has 2 aromatic rings. The Balaban J connectivity index is 2.37. The third-order valence-electron chi connectivity index (χ3n) is 3.87. The second kappa shape index (κ2) is 5.62. The topological polar surface area (TPSA) is 84.6 Å². The van der Waals surface area contributed by atoms with Gasteiger partial charge in [0.15, 0.2) is 5.75 Å². The Bertz CT molecular complexity index is 741. The SMILES string of the molecule is COc1c(C(=O)O)c2n(c1-c1cccnc1Cl)CCCC2O. The van der Waals surface area contributed by atoms with Crippen molar-refractivity contribution >= 4 is 17.6 Å². The summed E-state index contributed by atoms with van der Waals surface area (Å²) in [7, 11) is 1.41. The van der Waals surface area contributed by atoms with Crippen LogP contribution in [-0.4, -0.2) is 32.8 Å². The van der Waals surface area contributed by atoms with E-state index in [2.05, 4.69) is 4.98 Å². The Morgan fingerprint density at radius 1 is 1.55 bits per heavy atom. The number of carboxylic acid groups (broad SMARTS) is 1. The summed E-state index contributed by atoms with van der Waals surface area (Å²) in [6.45, 7) is 0.594. The standard InChI is InChI=1S/C15H15ClN2O4/c1-22-13-10(15(20)21)12-9(19)5-3-7-18(12)11(13)8-4-2-6-17-14(8)16/h2,4,6,9,19H,3,5,7H2,1H3,(H,20,21). The number of carboxylic acids is 1. The maximum atomic E-state index is 11.7. The van der Waals surface area contributed by atoms with Crippen molar-refractivity contribution in [2.45, 2.75) is 25.5 Å². The van der Waals surface area contributed by atoms with E-state index in [9.17, 15) is 15.0 Å². The number of aliphatic hydroxyl groups excluding tert-OH is 1. The molecule has 0 spiro atoms. The first kappa shape index (κ1) is 14.9. The Hall–Kier alpha value is -2.05. The third kappa shape index (κ3) is 2.15. The van der Waals surface area contributed by atoms with Crippen LogP contribution in [0.4, 0.5) is 0 Å². The lowest BCUT2D eigenvalue weighted by molar-refractivity contribution is 0.0679. The molecule has 0 fully saturated rings. The number of hydrogen-bond donors (Lipinski definition) is 2. The molecule has 1 aliphatic rings.